The molecular formula is C22H22BrN5O2. The highest BCUT2D eigenvalue weighted by Crippen LogP contribution is 2.21. The summed E-state index contributed by atoms with van der Waals surface area (Å²) in [6, 6.07) is 15.1. The first kappa shape index (κ1) is 20.3. The second kappa shape index (κ2) is 9.21. The zero-order valence-electron chi connectivity index (χ0n) is 16.3. The topological polar surface area (TPSA) is 91.0 Å². The van der Waals surface area contributed by atoms with Crippen LogP contribution in [-0.4, -0.2) is 45.0 Å². The number of amides is 2. The van der Waals surface area contributed by atoms with Gasteiger partial charge in [0.15, 0.2) is 0 Å². The Morgan fingerprint density at radius 2 is 2.00 bits per heavy atom. The van der Waals surface area contributed by atoms with Crippen LogP contribution in [-0.2, 0) is 11.3 Å². The summed E-state index contributed by atoms with van der Waals surface area (Å²) in [4.78, 5) is 31.5. The van der Waals surface area contributed by atoms with Gasteiger partial charge in [-0.05, 0) is 48.7 Å². The van der Waals surface area contributed by atoms with Crippen LogP contribution in [0.5, 0.6) is 0 Å². The fourth-order valence-corrected chi connectivity index (χ4v) is 3.82. The molecule has 0 aliphatic carbocycles. The van der Waals surface area contributed by atoms with Crippen LogP contribution in [0.1, 0.15) is 28.9 Å². The van der Waals surface area contributed by atoms with E-state index in [0.29, 0.717) is 36.7 Å². The molecule has 1 saturated heterocycles. The van der Waals surface area contributed by atoms with Crippen molar-refractivity contribution in [2.45, 2.75) is 19.4 Å². The number of benzene rings is 1. The Balaban J connectivity index is 1.36. The van der Waals surface area contributed by atoms with Crippen molar-refractivity contribution in [1.82, 2.24) is 25.4 Å². The Labute approximate surface area is 183 Å². The molecule has 0 bridgehead atoms. The van der Waals surface area contributed by atoms with Crippen molar-refractivity contribution in [3.63, 3.8) is 0 Å². The van der Waals surface area contributed by atoms with Crippen molar-refractivity contribution >= 4 is 27.7 Å². The van der Waals surface area contributed by atoms with Gasteiger partial charge in [-0.25, -0.2) is 0 Å². The molecule has 1 atom stereocenters. The van der Waals surface area contributed by atoms with Gasteiger partial charge in [0.05, 0.1) is 11.6 Å². The number of hydrogen-bond acceptors (Lipinski definition) is 4. The molecule has 1 fully saturated rings. The van der Waals surface area contributed by atoms with E-state index in [4.69, 9.17) is 0 Å². The number of H-pyrrole nitrogens is 1. The monoisotopic (exact) mass is 467 g/mol. The van der Waals surface area contributed by atoms with Crippen molar-refractivity contribution in [2.75, 3.05) is 13.1 Å². The van der Waals surface area contributed by atoms with Gasteiger partial charge in [-0.2, -0.15) is 5.10 Å². The summed E-state index contributed by atoms with van der Waals surface area (Å²) in [5, 5.41) is 10.0. The highest BCUT2D eigenvalue weighted by Gasteiger charge is 2.29. The maximum absolute atomic E-state index is 12.9. The number of aromatic nitrogens is 3. The summed E-state index contributed by atoms with van der Waals surface area (Å²) in [5.74, 6) is -0.374. The quantitative estimate of drug-likeness (QED) is 0.601. The molecule has 2 aromatic heterocycles. The van der Waals surface area contributed by atoms with Gasteiger partial charge < -0.3 is 10.2 Å². The molecule has 3 heterocycles. The molecule has 2 N–H and O–H groups in total. The second-order valence-electron chi connectivity index (χ2n) is 7.32. The SMILES string of the molecule is O=C(NCc1ccc(Br)cc1)[C@H]1CCCN(C(=O)c2cc(-c3ccccn3)n[nH]2)C1. The number of aromatic amines is 1. The number of pyridine rings is 1. The summed E-state index contributed by atoms with van der Waals surface area (Å²) in [6.45, 7) is 1.51. The molecule has 4 rings (SSSR count). The second-order valence-corrected chi connectivity index (χ2v) is 8.23. The first-order chi connectivity index (χ1) is 14.6. The molecule has 8 heteroatoms. The largest absolute Gasteiger partial charge is 0.352 e. The van der Waals surface area contributed by atoms with E-state index in [0.717, 1.165) is 22.9 Å². The van der Waals surface area contributed by atoms with E-state index >= 15 is 0 Å². The van der Waals surface area contributed by atoms with Crippen molar-refractivity contribution in [2.24, 2.45) is 5.92 Å². The van der Waals surface area contributed by atoms with Gasteiger partial charge >= 0.3 is 0 Å². The Bertz CT molecular complexity index is 1020. The van der Waals surface area contributed by atoms with Crippen LogP contribution in [0.25, 0.3) is 11.4 Å². The highest BCUT2D eigenvalue weighted by molar-refractivity contribution is 9.10. The Morgan fingerprint density at radius 3 is 2.77 bits per heavy atom. The lowest BCUT2D eigenvalue weighted by Gasteiger charge is -2.31. The first-order valence-electron chi connectivity index (χ1n) is 9.88. The van der Waals surface area contributed by atoms with E-state index in [2.05, 4.69) is 36.4 Å². The standard InChI is InChI=1S/C22H22BrN5O2/c23-17-8-6-15(7-9-17)13-25-21(29)16-4-3-11-28(14-16)22(30)20-12-19(26-27-20)18-5-1-2-10-24-18/h1-2,5-10,12,16H,3-4,11,13-14H2,(H,25,29)(H,26,27)/t16-/m0/s1. The smallest absolute Gasteiger partial charge is 0.271 e. The van der Waals surface area contributed by atoms with Gasteiger partial charge in [-0.3, -0.25) is 19.7 Å². The lowest BCUT2D eigenvalue weighted by molar-refractivity contribution is -0.126. The van der Waals surface area contributed by atoms with Gasteiger partial charge in [0, 0.05) is 30.3 Å². The molecule has 3 aromatic rings. The number of halogens is 1. The molecule has 7 nitrogen and oxygen atoms in total. The van der Waals surface area contributed by atoms with Crippen molar-refractivity contribution < 1.29 is 9.59 Å². The molecule has 0 saturated carbocycles. The lowest BCUT2D eigenvalue weighted by Crippen LogP contribution is -2.45. The number of likely N-dealkylation sites (tertiary alicyclic amines) is 1. The Hall–Kier alpha value is -3.00. The maximum Gasteiger partial charge on any atom is 0.271 e. The Morgan fingerprint density at radius 1 is 1.17 bits per heavy atom. The molecule has 0 spiro atoms. The van der Waals surface area contributed by atoms with Crippen LogP contribution in [0.15, 0.2) is 59.2 Å². The van der Waals surface area contributed by atoms with Crippen LogP contribution in [0.2, 0.25) is 0 Å². The molecule has 1 aromatic carbocycles. The minimum atomic E-state index is -0.212. The van der Waals surface area contributed by atoms with E-state index in [-0.39, 0.29) is 17.7 Å². The number of rotatable bonds is 5. The maximum atomic E-state index is 12.9. The van der Waals surface area contributed by atoms with Crippen LogP contribution in [0.3, 0.4) is 0 Å². The van der Waals surface area contributed by atoms with Crippen LogP contribution in [0.4, 0.5) is 0 Å². The van der Waals surface area contributed by atoms with Crippen LogP contribution in [0, 0.1) is 5.92 Å². The predicted molar refractivity (Wildman–Crippen MR) is 116 cm³/mol. The number of nitrogens with one attached hydrogen (secondary N) is 2. The van der Waals surface area contributed by atoms with Gasteiger partial charge in [0.1, 0.15) is 11.4 Å². The molecule has 1 aliphatic heterocycles. The first-order valence-corrected chi connectivity index (χ1v) is 10.7. The average molecular weight is 468 g/mol. The molecule has 154 valence electrons. The number of carbonyl (C=O) groups excluding carboxylic acids is 2. The van der Waals surface area contributed by atoms with E-state index in [1.807, 2.05) is 42.5 Å². The molecule has 1 aliphatic rings. The third-order valence-electron chi connectivity index (χ3n) is 5.19. The zero-order chi connectivity index (χ0) is 20.9. The van der Waals surface area contributed by atoms with Gasteiger partial charge in [0.2, 0.25) is 5.91 Å². The summed E-state index contributed by atoms with van der Waals surface area (Å²) >= 11 is 3.41. The van der Waals surface area contributed by atoms with Crippen LogP contribution < -0.4 is 5.32 Å². The summed E-state index contributed by atoms with van der Waals surface area (Å²) in [5.41, 5.74) is 2.78. The van der Waals surface area contributed by atoms with Crippen molar-refractivity contribution in [3.8, 4) is 11.4 Å². The molecule has 30 heavy (non-hydrogen) atoms. The molecule has 2 amide bonds. The van der Waals surface area contributed by atoms with Gasteiger partial charge in [0.25, 0.3) is 5.91 Å². The zero-order valence-corrected chi connectivity index (χ0v) is 17.9. The summed E-state index contributed by atoms with van der Waals surface area (Å²) in [6.07, 6.45) is 3.26. The Kier molecular flexibility index (Phi) is 6.23. The number of hydrogen-bond donors (Lipinski definition) is 2. The third-order valence-corrected chi connectivity index (χ3v) is 5.72. The van der Waals surface area contributed by atoms with E-state index in [1.165, 1.54) is 0 Å². The fourth-order valence-electron chi connectivity index (χ4n) is 3.56. The van der Waals surface area contributed by atoms with Crippen LogP contribution >= 0.6 is 15.9 Å². The van der Waals surface area contributed by atoms with E-state index in [1.54, 1.807) is 17.2 Å². The fraction of sp³-hybridized carbons (Fsp3) is 0.273. The predicted octanol–water partition coefficient (Wildman–Crippen LogP) is 3.40. The van der Waals surface area contributed by atoms with Gasteiger partial charge in [-0.1, -0.05) is 34.1 Å². The normalized spacial score (nSPS) is 16.3. The summed E-state index contributed by atoms with van der Waals surface area (Å²) in [7, 11) is 0. The lowest BCUT2D eigenvalue weighted by atomic mass is 9.96. The number of piperidine rings is 1. The van der Waals surface area contributed by atoms with E-state index in [9.17, 15) is 9.59 Å². The minimum Gasteiger partial charge on any atom is -0.352 e. The highest BCUT2D eigenvalue weighted by atomic mass is 79.9. The number of carbonyl (C=O) groups is 2. The summed E-state index contributed by atoms with van der Waals surface area (Å²) < 4.78 is 1.00. The van der Waals surface area contributed by atoms with Gasteiger partial charge in [-0.15, -0.1) is 0 Å². The van der Waals surface area contributed by atoms with Crippen molar-refractivity contribution in [1.29, 1.82) is 0 Å². The third kappa shape index (κ3) is 4.76. The van der Waals surface area contributed by atoms with Crippen molar-refractivity contribution in [3.05, 3.63) is 70.5 Å². The number of nitrogens with zero attached hydrogens (tertiary/aromatic N) is 3. The van der Waals surface area contributed by atoms with E-state index < -0.39 is 0 Å². The molecule has 0 radical (unpaired) electrons. The average Bonchev–Trinajstić information content (AvgIpc) is 3.29. The minimum absolute atomic E-state index is 0.0193. The molecule has 0 unspecified atom stereocenters. The molecular weight excluding hydrogens is 446 g/mol.